The van der Waals surface area contributed by atoms with Gasteiger partial charge in [0.2, 0.25) is 5.91 Å². The molecule has 5 nitrogen and oxygen atoms in total. The van der Waals surface area contributed by atoms with Gasteiger partial charge in [0.1, 0.15) is 11.6 Å². The number of carbonyl (C=O) groups is 2. The average Bonchev–Trinajstić information content (AvgIpc) is 2.60. The molecular weight excluding hydrogens is 347 g/mol. The molecule has 0 aromatic heterocycles. The zero-order valence-corrected chi connectivity index (χ0v) is 15.5. The Morgan fingerprint density at radius 2 is 1.85 bits per heavy atom. The van der Waals surface area contributed by atoms with Crippen molar-refractivity contribution >= 4 is 17.5 Å². The second-order valence-corrected chi connectivity index (χ2v) is 7.00. The van der Waals surface area contributed by atoms with Crippen LogP contribution in [0.5, 0.6) is 5.75 Å². The van der Waals surface area contributed by atoms with Gasteiger partial charge in [-0.2, -0.15) is 0 Å². The first kappa shape index (κ1) is 18.9. The minimum atomic E-state index is -0.671. The van der Waals surface area contributed by atoms with Crippen LogP contribution in [0.25, 0.3) is 0 Å². The Morgan fingerprint density at radius 1 is 1.15 bits per heavy atom. The van der Waals surface area contributed by atoms with Gasteiger partial charge < -0.3 is 15.0 Å². The van der Waals surface area contributed by atoms with Crippen LogP contribution >= 0.6 is 0 Å². The molecular formula is C21H23FN2O3. The topological polar surface area (TPSA) is 58.6 Å². The van der Waals surface area contributed by atoms with Crippen LogP contribution in [-0.2, 0) is 15.0 Å². The first-order valence-corrected chi connectivity index (χ1v) is 8.91. The van der Waals surface area contributed by atoms with Crippen molar-refractivity contribution in [2.45, 2.75) is 24.7 Å². The predicted octanol–water partition coefficient (Wildman–Crippen LogP) is 3.35. The summed E-state index contributed by atoms with van der Waals surface area (Å²) in [5.74, 6) is -0.0442. The Balaban J connectivity index is 1.66. The summed E-state index contributed by atoms with van der Waals surface area (Å²) in [5.41, 5.74) is 0.678. The van der Waals surface area contributed by atoms with Gasteiger partial charge in [-0.15, -0.1) is 0 Å². The number of halogens is 1. The molecule has 0 heterocycles. The molecule has 0 bridgehead atoms. The van der Waals surface area contributed by atoms with Gasteiger partial charge in [0, 0.05) is 19.8 Å². The van der Waals surface area contributed by atoms with E-state index in [1.807, 2.05) is 0 Å². The van der Waals surface area contributed by atoms with Crippen LogP contribution in [0.15, 0.2) is 48.5 Å². The summed E-state index contributed by atoms with van der Waals surface area (Å²) in [7, 11) is 3.33. The van der Waals surface area contributed by atoms with Crippen LogP contribution in [0.2, 0.25) is 0 Å². The van der Waals surface area contributed by atoms with Gasteiger partial charge in [0.05, 0.1) is 5.41 Å². The lowest BCUT2D eigenvalue weighted by atomic mass is 9.63. The molecule has 6 heteroatoms. The molecule has 0 unspecified atom stereocenters. The second-order valence-electron chi connectivity index (χ2n) is 7.00. The lowest BCUT2D eigenvalue weighted by molar-refractivity contribution is -0.130. The number of nitrogens with one attached hydrogen (secondary N) is 1. The molecule has 2 aromatic rings. The molecule has 0 radical (unpaired) electrons. The molecule has 0 aliphatic heterocycles. The summed E-state index contributed by atoms with van der Waals surface area (Å²) in [6.07, 6.45) is 2.35. The number of nitrogens with zero attached hydrogens (tertiary/aromatic N) is 1. The number of hydrogen-bond donors (Lipinski definition) is 1. The van der Waals surface area contributed by atoms with Gasteiger partial charge in [0.15, 0.2) is 6.61 Å². The number of hydrogen-bond acceptors (Lipinski definition) is 3. The lowest BCUT2D eigenvalue weighted by Gasteiger charge is -2.40. The first-order chi connectivity index (χ1) is 12.9. The molecule has 1 saturated carbocycles. The van der Waals surface area contributed by atoms with Gasteiger partial charge in [-0.3, -0.25) is 9.59 Å². The number of benzene rings is 2. The van der Waals surface area contributed by atoms with E-state index in [2.05, 4.69) is 5.32 Å². The molecule has 142 valence electrons. The quantitative estimate of drug-likeness (QED) is 0.848. The van der Waals surface area contributed by atoms with E-state index in [9.17, 15) is 14.0 Å². The van der Waals surface area contributed by atoms with E-state index in [0.29, 0.717) is 29.8 Å². The van der Waals surface area contributed by atoms with Crippen molar-refractivity contribution < 1.29 is 18.7 Å². The summed E-state index contributed by atoms with van der Waals surface area (Å²) < 4.78 is 19.0. The van der Waals surface area contributed by atoms with Crippen LogP contribution in [0.1, 0.15) is 24.8 Å². The van der Waals surface area contributed by atoms with Crippen molar-refractivity contribution in [1.29, 1.82) is 0 Å². The van der Waals surface area contributed by atoms with E-state index in [4.69, 9.17) is 4.74 Å². The number of rotatable bonds is 6. The van der Waals surface area contributed by atoms with Gasteiger partial charge in [-0.1, -0.05) is 18.6 Å². The third-order valence-corrected chi connectivity index (χ3v) is 4.99. The Hall–Kier alpha value is -2.89. The summed E-state index contributed by atoms with van der Waals surface area (Å²) in [5, 5.41) is 2.92. The number of carbonyl (C=O) groups excluding carboxylic acids is 2. The van der Waals surface area contributed by atoms with E-state index < -0.39 is 5.41 Å². The fraction of sp³-hybridized carbons (Fsp3) is 0.333. The minimum absolute atomic E-state index is 0.0403. The van der Waals surface area contributed by atoms with Gasteiger partial charge in [0.25, 0.3) is 5.91 Å². The fourth-order valence-electron chi connectivity index (χ4n) is 3.12. The highest BCUT2D eigenvalue weighted by Gasteiger charge is 2.45. The fourth-order valence-corrected chi connectivity index (χ4v) is 3.12. The Labute approximate surface area is 158 Å². The average molecular weight is 370 g/mol. The van der Waals surface area contributed by atoms with Gasteiger partial charge in [-0.25, -0.2) is 4.39 Å². The van der Waals surface area contributed by atoms with E-state index in [1.54, 1.807) is 50.5 Å². The first-order valence-electron chi connectivity index (χ1n) is 8.91. The summed E-state index contributed by atoms with van der Waals surface area (Å²) in [6.45, 7) is -0.0403. The molecule has 2 amide bonds. The van der Waals surface area contributed by atoms with Gasteiger partial charge in [-0.05, 0) is 54.8 Å². The predicted molar refractivity (Wildman–Crippen MR) is 101 cm³/mol. The van der Waals surface area contributed by atoms with Crippen LogP contribution < -0.4 is 10.1 Å². The summed E-state index contributed by atoms with van der Waals surface area (Å²) in [4.78, 5) is 25.9. The highest BCUT2D eigenvalue weighted by molar-refractivity contribution is 6.00. The van der Waals surface area contributed by atoms with Gasteiger partial charge >= 0.3 is 0 Å². The third kappa shape index (κ3) is 4.10. The molecule has 0 spiro atoms. The Kier molecular flexibility index (Phi) is 5.44. The number of anilines is 1. The molecule has 1 aliphatic rings. The molecule has 2 aromatic carbocycles. The Morgan fingerprint density at radius 3 is 2.41 bits per heavy atom. The lowest BCUT2D eigenvalue weighted by Crippen LogP contribution is -2.46. The van der Waals surface area contributed by atoms with Crippen molar-refractivity contribution in [3.63, 3.8) is 0 Å². The number of likely N-dealkylation sites (N-methyl/N-ethyl adjacent to an activating group) is 1. The van der Waals surface area contributed by atoms with Crippen LogP contribution in [0.3, 0.4) is 0 Å². The van der Waals surface area contributed by atoms with Crippen molar-refractivity contribution in [2.75, 3.05) is 26.0 Å². The van der Waals surface area contributed by atoms with Crippen LogP contribution in [0, 0.1) is 5.82 Å². The summed E-state index contributed by atoms with van der Waals surface area (Å²) >= 11 is 0. The molecule has 3 rings (SSSR count). The van der Waals surface area contributed by atoms with E-state index >= 15 is 0 Å². The SMILES string of the molecule is CN(C)C(=O)COc1ccc(NC(=O)C2(c3cccc(F)c3)CCC2)cc1. The molecule has 0 saturated heterocycles. The normalized spacial score (nSPS) is 14.8. The molecule has 27 heavy (non-hydrogen) atoms. The van der Waals surface area contributed by atoms with E-state index in [0.717, 1.165) is 6.42 Å². The van der Waals surface area contributed by atoms with Crippen molar-refractivity contribution in [1.82, 2.24) is 4.90 Å². The molecule has 1 fully saturated rings. The Bertz CT molecular complexity index is 830. The highest BCUT2D eigenvalue weighted by Crippen LogP contribution is 2.44. The van der Waals surface area contributed by atoms with Crippen molar-refractivity contribution in [2.24, 2.45) is 0 Å². The monoisotopic (exact) mass is 370 g/mol. The van der Waals surface area contributed by atoms with E-state index in [-0.39, 0.29) is 24.2 Å². The molecule has 0 atom stereocenters. The van der Waals surface area contributed by atoms with Crippen LogP contribution in [-0.4, -0.2) is 37.4 Å². The minimum Gasteiger partial charge on any atom is -0.484 e. The summed E-state index contributed by atoms with van der Waals surface area (Å²) in [6, 6.07) is 13.1. The molecule has 1 N–H and O–H groups in total. The smallest absolute Gasteiger partial charge is 0.259 e. The maximum absolute atomic E-state index is 13.6. The highest BCUT2D eigenvalue weighted by atomic mass is 19.1. The maximum Gasteiger partial charge on any atom is 0.259 e. The maximum atomic E-state index is 13.6. The second kappa shape index (κ2) is 7.78. The van der Waals surface area contributed by atoms with E-state index in [1.165, 1.54) is 17.0 Å². The number of ether oxygens (including phenoxy) is 1. The number of amides is 2. The van der Waals surface area contributed by atoms with Crippen LogP contribution in [0.4, 0.5) is 10.1 Å². The standard InChI is InChI=1S/C21H23FN2O3/c1-24(2)19(25)14-27-18-9-7-17(8-10-18)23-20(26)21(11-4-12-21)15-5-3-6-16(22)13-15/h3,5-10,13H,4,11-12,14H2,1-2H3,(H,23,26). The zero-order chi connectivity index (χ0) is 19.4. The zero-order valence-electron chi connectivity index (χ0n) is 15.5. The molecule has 1 aliphatic carbocycles. The largest absolute Gasteiger partial charge is 0.484 e. The third-order valence-electron chi connectivity index (χ3n) is 4.99. The van der Waals surface area contributed by atoms with Crippen molar-refractivity contribution in [3.05, 3.63) is 59.9 Å². The van der Waals surface area contributed by atoms with Crippen molar-refractivity contribution in [3.8, 4) is 5.75 Å².